The Morgan fingerprint density at radius 1 is 0.863 bits per heavy atom. The lowest BCUT2D eigenvalue weighted by Gasteiger charge is -2.42. The number of cyclic esters (lactones) is 1. The smallest absolute Gasteiger partial charge is 0.329 e. The van der Waals surface area contributed by atoms with E-state index >= 15 is 0 Å². The maximum atomic E-state index is 14.5. The summed E-state index contributed by atoms with van der Waals surface area (Å²) in [6, 6.07) is -1.20. The summed E-state index contributed by atoms with van der Waals surface area (Å²) in [5.74, 6) is -9.36. The van der Waals surface area contributed by atoms with Crippen LogP contribution in [0.15, 0.2) is 47.6 Å². The number of rotatable bonds is 10. The maximum Gasteiger partial charge on any atom is 0.329 e. The first-order valence-electron chi connectivity index (χ1n) is 26.4. The number of ketones is 3. The van der Waals surface area contributed by atoms with Gasteiger partial charge in [-0.2, -0.15) is 0 Å². The number of nitrogens with zero attached hydrogens (tertiary/aromatic N) is 1. The van der Waals surface area contributed by atoms with Gasteiger partial charge in [0.2, 0.25) is 5.79 Å². The van der Waals surface area contributed by atoms with Crippen molar-refractivity contribution < 1.29 is 77.6 Å². The highest BCUT2D eigenvalue weighted by atomic mass is 16.6. The highest BCUT2D eigenvalue weighted by Crippen LogP contribution is 2.38. The van der Waals surface area contributed by atoms with Crippen molar-refractivity contribution in [3.8, 4) is 0 Å². The number of aliphatic hydroxyl groups excluding tert-OH is 3. The summed E-state index contributed by atoms with van der Waals surface area (Å²) >= 11 is 0. The van der Waals surface area contributed by atoms with Gasteiger partial charge in [0.25, 0.3) is 11.7 Å². The molecule has 1 aliphatic carbocycles. The largest absolute Gasteiger partial charge is 0.460 e. The van der Waals surface area contributed by atoms with Crippen LogP contribution in [-0.4, -0.2) is 156 Å². The van der Waals surface area contributed by atoms with Gasteiger partial charge in [-0.1, -0.05) is 71.1 Å². The van der Waals surface area contributed by atoms with Crippen LogP contribution in [0.4, 0.5) is 0 Å². The van der Waals surface area contributed by atoms with E-state index in [1.54, 1.807) is 40.9 Å². The molecule has 0 aromatic rings. The Hall–Kier alpha value is -3.94. The van der Waals surface area contributed by atoms with Crippen molar-refractivity contribution in [3.05, 3.63) is 47.6 Å². The normalized spacial score (nSPS) is 37.4. The van der Waals surface area contributed by atoms with Gasteiger partial charge in [-0.25, -0.2) is 4.79 Å². The van der Waals surface area contributed by atoms with E-state index in [4.69, 9.17) is 28.4 Å². The van der Waals surface area contributed by atoms with Crippen LogP contribution in [0.3, 0.4) is 0 Å². The van der Waals surface area contributed by atoms with Gasteiger partial charge in [0.05, 0.1) is 31.5 Å². The lowest BCUT2D eigenvalue weighted by Crippen LogP contribution is -2.61. The zero-order chi connectivity index (χ0) is 54.4. The summed E-state index contributed by atoms with van der Waals surface area (Å²) < 4.78 is 35.4. The van der Waals surface area contributed by atoms with Crippen molar-refractivity contribution in [2.75, 3.05) is 41.1 Å². The third-order valence-electron chi connectivity index (χ3n) is 15.9. The summed E-state index contributed by atoms with van der Waals surface area (Å²) in [7, 11) is 4.43. The van der Waals surface area contributed by atoms with E-state index in [9.17, 15) is 49.2 Å². The van der Waals surface area contributed by atoms with Gasteiger partial charge in [-0.15, -0.1) is 0 Å². The highest BCUT2D eigenvalue weighted by Gasteiger charge is 2.53. The molecule has 4 N–H and O–H groups in total. The molecule has 0 aromatic heterocycles. The number of hydrogen-bond donors (Lipinski definition) is 4. The van der Waals surface area contributed by atoms with Crippen molar-refractivity contribution in [3.63, 3.8) is 0 Å². The Kier molecular flexibility index (Phi) is 23.9. The van der Waals surface area contributed by atoms with Crippen LogP contribution in [0.2, 0.25) is 0 Å². The van der Waals surface area contributed by atoms with E-state index in [-0.39, 0.29) is 42.8 Å². The van der Waals surface area contributed by atoms with Crippen LogP contribution in [-0.2, 0) is 57.2 Å². The molecule has 2 bridgehead atoms. The molecule has 3 fully saturated rings. The Balaban J connectivity index is 1.69. The zero-order valence-corrected chi connectivity index (χ0v) is 45.3. The fourth-order valence-corrected chi connectivity index (χ4v) is 10.7. The average molecular weight is 1030 g/mol. The fraction of sp³-hybridized carbons (Fsp3) is 0.750. The molecular formula is C56H87NO16. The summed E-state index contributed by atoms with van der Waals surface area (Å²) in [6.07, 6.45) is 9.76. The quantitative estimate of drug-likeness (QED) is 0.116. The fourth-order valence-electron chi connectivity index (χ4n) is 10.7. The monoisotopic (exact) mass is 1030 g/mol. The molecule has 0 unspecified atom stereocenters. The van der Waals surface area contributed by atoms with Crippen LogP contribution >= 0.6 is 0 Å². The SMILES string of the molecule is CO[C@H]1C[C@@H]2CC[C@@H](C)[C@@](O)(O2)C(=O)C(=O)N2CCCC[C@H]2C(=O)O[C@H]([C@H](C)C[C@H]2CC[C@@H](OC(=O)C(C)(CO)CO)[C@H](OC)C2)CC(=O)[C@H](C)/C=C(/C)[C@@H](O)[C@@H](OC)C(=O)[C@H](C)C[C@H](C)\C=C/C=C\C=C/1C. The van der Waals surface area contributed by atoms with Gasteiger partial charge in [0.1, 0.15) is 41.7 Å². The third kappa shape index (κ3) is 16.0. The number of hydrogen-bond acceptors (Lipinski definition) is 16. The molecule has 4 rings (SSSR count). The molecule has 0 radical (unpaired) electrons. The number of fused-ring (bicyclic) bond motifs is 3. The predicted octanol–water partition coefficient (Wildman–Crippen LogP) is 5.72. The molecule has 73 heavy (non-hydrogen) atoms. The molecule has 1 saturated carbocycles. The van der Waals surface area contributed by atoms with E-state index in [1.165, 1.54) is 21.1 Å². The van der Waals surface area contributed by atoms with E-state index in [2.05, 4.69) is 0 Å². The molecular weight excluding hydrogens is 943 g/mol. The molecule has 2 saturated heterocycles. The lowest BCUT2D eigenvalue weighted by atomic mass is 9.78. The number of amides is 1. The minimum atomic E-state index is -2.47. The van der Waals surface area contributed by atoms with Crippen molar-refractivity contribution >= 4 is 35.2 Å². The molecule has 15 atom stereocenters. The minimum Gasteiger partial charge on any atom is -0.460 e. The number of esters is 2. The molecule has 412 valence electrons. The molecule has 17 heteroatoms. The van der Waals surface area contributed by atoms with Crippen LogP contribution in [0.5, 0.6) is 0 Å². The van der Waals surface area contributed by atoms with E-state index in [1.807, 2.05) is 51.2 Å². The second kappa shape index (κ2) is 28.3. The van der Waals surface area contributed by atoms with Crippen LogP contribution in [0.1, 0.15) is 132 Å². The van der Waals surface area contributed by atoms with Gasteiger partial charge in [-0.3, -0.25) is 24.0 Å². The number of carbonyl (C=O) groups excluding carboxylic acids is 6. The summed E-state index contributed by atoms with van der Waals surface area (Å²) in [5, 5.41) is 43.1. The Morgan fingerprint density at radius 2 is 1.56 bits per heavy atom. The maximum absolute atomic E-state index is 14.5. The molecule has 0 aromatic carbocycles. The van der Waals surface area contributed by atoms with Gasteiger partial charge >= 0.3 is 11.9 Å². The van der Waals surface area contributed by atoms with Crippen molar-refractivity contribution in [1.82, 2.24) is 4.90 Å². The van der Waals surface area contributed by atoms with E-state index < -0.39 is 120 Å². The van der Waals surface area contributed by atoms with Crippen molar-refractivity contribution in [1.29, 1.82) is 0 Å². The zero-order valence-electron chi connectivity index (χ0n) is 45.3. The van der Waals surface area contributed by atoms with Gasteiger partial charge in [0.15, 0.2) is 5.78 Å². The second-order valence-electron chi connectivity index (χ2n) is 21.8. The van der Waals surface area contributed by atoms with Gasteiger partial charge in [0, 0.05) is 58.5 Å². The number of aliphatic hydroxyl groups is 4. The second-order valence-corrected chi connectivity index (χ2v) is 21.8. The number of allylic oxidation sites excluding steroid dienone is 6. The van der Waals surface area contributed by atoms with Crippen molar-refractivity contribution in [2.24, 2.45) is 40.9 Å². The van der Waals surface area contributed by atoms with E-state index in [0.29, 0.717) is 69.8 Å². The predicted molar refractivity (Wildman–Crippen MR) is 271 cm³/mol. The number of methoxy groups -OCH3 is 3. The standard InChI is InChI=1S/C56H87NO16/c1-33-17-13-12-14-18-34(2)45(68-9)29-41-22-20-39(7)56(67,73-41)51(63)52(64)57-24-16-15-19-42(57)53(65)71-46(30-43(60)35(3)26-38(6)49(62)50(70-11)48(61)37(5)25-33)36(4)27-40-21-23-44(47(28-40)69-10)72-54(66)55(8,31-58)32-59/h12-14,17-18,26,33,35-37,39-42,44-47,49-50,58-59,62,67H,15-16,19-25,27-32H2,1-11H3/b14-12-,17-13-,34-18-,38-26-/t33-,35-,36-,37-,39-,40-,41+,42+,44-,45+,46+,47-,49-,50+,56-/m1/s1. The summed E-state index contributed by atoms with van der Waals surface area (Å²) in [5.41, 5.74) is -0.277. The third-order valence-corrected chi connectivity index (χ3v) is 15.9. The Bertz CT molecular complexity index is 2010. The molecule has 3 aliphatic heterocycles. The van der Waals surface area contributed by atoms with Crippen LogP contribution in [0.25, 0.3) is 0 Å². The first-order chi connectivity index (χ1) is 34.5. The van der Waals surface area contributed by atoms with Crippen LogP contribution < -0.4 is 0 Å². The molecule has 1 amide bonds. The van der Waals surface area contributed by atoms with E-state index in [0.717, 1.165) is 10.5 Å². The topological polar surface area (TPSA) is 242 Å². The minimum absolute atomic E-state index is 0.00697. The first kappa shape index (κ1) is 61.6. The molecule has 17 nitrogen and oxygen atoms in total. The highest BCUT2D eigenvalue weighted by molar-refractivity contribution is 6.39. The van der Waals surface area contributed by atoms with Crippen molar-refractivity contribution in [2.45, 2.75) is 187 Å². The van der Waals surface area contributed by atoms with Gasteiger partial charge < -0.3 is 53.7 Å². The summed E-state index contributed by atoms with van der Waals surface area (Å²) in [4.78, 5) is 85.4. The lowest BCUT2D eigenvalue weighted by molar-refractivity contribution is -0.265. The molecule has 3 heterocycles. The number of piperidine rings is 1. The number of ether oxygens (including phenoxy) is 6. The Morgan fingerprint density at radius 3 is 2.21 bits per heavy atom. The average Bonchev–Trinajstić information content (AvgIpc) is 3.37. The Labute approximate surface area is 433 Å². The number of carbonyl (C=O) groups is 6. The first-order valence-corrected chi connectivity index (χ1v) is 26.4. The molecule has 4 aliphatic rings. The molecule has 0 spiro atoms. The van der Waals surface area contributed by atoms with Crippen LogP contribution in [0, 0.1) is 40.9 Å². The summed E-state index contributed by atoms with van der Waals surface area (Å²) in [6.45, 7) is 12.7. The number of Topliss-reactive ketones (excluding diaryl/α,β-unsaturated/α-hetero) is 3. The van der Waals surface area contributed by atoms with Gasteiger partial charge in [-0.05, 0) is 114 Å².